The fourth-order valence-electron chi connectivity index (χ4n) is 1.97. The molecular formula is C14H23NO. The largest absolute Gasteiger partial charge is 0.508 e. The molecule has 0 spiro atoms. The maximum Gasteiger partial charge on any atom is 0.115 e. The van der Waals surface area contributed by atoms with Gasteiger partial charge in [0.25, 0.3) is 0 Å². The summed E-state index contributed by atoms with van der Waals surface area (Å²) in [5.74, 6) is 0.370. The summed E-state index contributed by atoms with van der Waals surface area (Å²) >= 11 is 0. The molecular weight excluding hydrogens is 198 g/mol. The number of hydrogen-bond acceptors (Lipinski definition) is 2. The molecule has 0 saturated heterocycles. The van der Waals surface area contributed by atoms with E-state index < -0.39 is 0 Å². The molecule has 0 aliphatic carbocycles. The van der Waals surface area contributed by atoms with Crippen molar-refractivity contribution in [2.75, 3.05) is 19.6 Å². The number of aromatic hydroxyl groups is 1. The molecule has 0 amide bonds. The fourth-order valence-corrected chi connectivity index (χ4v) is 1.97. The highest BCUT2D eigenvalue weighted by molar-refractivity contribution is 5.27. The van der Waals surface area contributed by atoms with Gasteiger partial charge in [-0.25, -0.2) is 0 Å². The summed E-state index contributed by atoms with van der Waals surface area (Å²) in [6, 6.07) is 7.57. The van der Waals surface area contributed by atoms with Gasteiger partial charge in [0.15, 0.2) is 0 Å². The average Bonchev–Trinajstić information content (AvgIpc) is 2.27. The summed E-state index contributed by atoms with van der Waals surface area (Å²) in [5, 5.41) is 9.37. The highest BCUT2D eigenvalue weighted by Crippen LogP contribution is 2.11. The van der Waals surface area contributed by atoms with Crippen LogP contribution in [0.1, 0.15) is 32.3 Å². The van der Waals surface area contributed by atoms with Crippen molar-refractivity contribution < 1.29 is 5.11 Å². The second kappa shape index (κ2) is 7.29. The van der Waals surface area contributed by atoms with E-state index in [1.165, 1.54) is 31.5 Å². The lowest BCUT2D eigenvalue weighted by atomic mass is 10.1. The zero-order chi connectivity index (χ0) is 11.8. The van der Waals surface area contributed by atoms with Gasteiger partial charge in [0, 0.05) is 6.54 Å². The number of phenols is 1. The molecule has 0 saturated carbocycles. The number of rotatable bonds is 7. The Balaban J connectivity index is 2.41. The summed E-state index contributed by atoms with van der Waals surface area (Å²) in [6.45, 7) is 7.87. The van der Waals surface area contributed by atoms with Gasteiger partial charge in [0.05, 0.1) is 0 Å². The van der Waals surface area contributed by atoms with Crippen molar-refractivity contribution >= 4 is 0 Å². The minimum absolute atomic E-state index is 0.370. The maximum atomic E-state index is 9.37. The Hall–Kier alpha value is -1.02. The first-order valence-corrected chi connectivity index (χ1v) is 6.26. The van der Waals surface area contributed by atoms with Crippen LogP contribution in [-0.2, 0) is 6.42 Å². The molecule has 0 unspecified atom stereocenters. The van der Waals surface area contributed by atoms with E-state index in [1.54, 1.807) is 6.07 Å². The monoisotopic (exact) mass is 221 g/mol. The van der Waals surface area contributed by atoms with Crippen LogP contribution in [-0.4, -0.2) is 29.6 Å². The molecule has 0 aliphatic heterocycles. The van der Waals surface area contributed by atoms with E-state index in [-0.39, 0.29) is 0 Å². The zero-order valence-corrected chi connectivity index (χ0v) is 10.4. The van der Waals surface area contributed by atoms with Crippen LogP contribution in [0.15, 0.2) is 24.3 Å². The van der Waals surface area contributed by atoms with Crippen molar-refractivity contribution in [1.29, 1.82) is 0 Å². The maximum absolute atomic E-state index is 9.37. The van der Waals surface area contributed by atoms with Crippen LogP contribution >= 0.6 is 0 Å². The van der Waals surface area contributed by atoms with Crippen LogP contribution in [0.2, 0.25) is 0 Å². The van der Waals surface area contributed by atoms with E-state index in [9.17, 15) is 5.11 Å². The van der Waals surface area contributed by atoms with Crippen LogP contribution in [0.25, 0.3) is 0 Å². The second-order valence-electron chi connectivity index (χ2n) is 4.26. The molecule has 0 fully saturated rings. The van der Waals surface area contributed by atoms with Gasteiger partial charge >= 0.3 is 0 Å². The quantitative estimate of drug-likeness (QED) is 0.765. The fraction of sp³-hybridized carbons (Fsp3) is 0.571. The first-order chi connectivity index (χ1) is 7.76. The Morgan fingerprint density at radius 1 is 1.06 bits per heavy atom. The molecule has 2 heteroatoms. The van der Waals surface area contributed by atoms with E-state index in [0.717, 1.165) is 13.0 Å². The molecule has 0 aliphatic rings. The molecule has 0 radical (unpaired) electrons. The molecule has 2 nitrogen and oxygen atoms in total. The molecule has 1 aromatic rings. The lowest BCUT2D eigenvalue weighted by molar-refractivity contribution is 0.278. The Morgan fingerprint density at radius 3 is 2.31 bits per heavy atom. The van der Waals surface area contributed by atoms with Gasteiger partial charge in [-0.15, -0.1) is 0 Å². The van der Waals surface area contributed by atoms with Crippen molar-refractivity contribution in [3.63, 3.8) is 0 Å². The van der Waals surface area contributed by atoms with Gasteiger partial charge in [-0.2, -0.15) is 0 Å². The normalized spacial score (nSPS) is 10.9. The predicted molar refractivity (Wildman–Crippen MR) is 68.8 cm³/mol. The Kier molecular flexibility index (Phi) is 5.94. The van der Waals surface area contributed by atoms with E-state index in [4.69, 9.17) is 0 Å². The van der Waals surface area contributed by atoms with E-state index in [2.05, 4.69) is 24.8 Å². The van der Waals surface area contributed by atoms with E-state index >= 15 is 0 Å². The van der Waals surface area contributed by atoms with E-state index in [0.29, 0.717) is 5.75 Å². The molecule has 0 bridgehead atoms. The Morgan fingerprint density at radius 2 is 1.75 bits per heavy atom. The van der Waals surface area contributed by atoms with Gasteiger partial charge in [0.1, 0.15) is 5.75 Å². The summed E-state index contributed by atoms with van der Waals surface area (Å²) < 4.78 is 0. The summed E-state index contributed by atoms with van der Waals surface area (Å²) in [5.41, 5.74) is 1.22. The van der Waals surface area contributed by atoms with Gasteiger partial charge in [-0.1, -0.05) is 26.0 Å². The third-order valence-corrected chi connectivity index (χ3v) is 2.71. The SMILES string of the molecule is CCCN(CCC)CCc1cccc(O)c1. The zero-order valence-electron chi connectivity index (χ0n) is 10.4. The van der Waals surface area contributed by atoms with Crippen LogP contribution < -0.4 is 0 Å². The van der Waals surface area contributed by atoms with Crippen molar-refractivity contribution in [3.8, 4) is 5.75 Å². The molecule has 0 aromatic heterocycles. The van der Waals surface area contributed by atoms with E-state index in [1.807, 2.05) is 12.1 Å². The minimum Gasteiger partial charge on any atom is -0.508 e. The van der Waals surface area contributed by atoms with Crippen LogP contribution in [0.5, 0.6) is 5.75 Å². The lowest BCUT2D eigenvalue weighted by Gasteiger charge is -2.20. The van der Waals surface area contributed by atoms with Gasteiger partial charge in [-0.3, -0.25) is 0 Å². The molecule has 16 heavy (non-hydrogen) atoms. The first kappa shape index (κ1) is 13.0. The first-order valence-electron chi connectivity index (χ1n) is 6.26. The topological polar surface area (TPSA) is 23.5 Å². The summed E-state index contributed by atoms with van der Waals surface area (Å²) in [7, 11) is 0. The number of benzene rings is 1. The summed E-state index contributed by atoms with van der Waals surface area (Å²) in [4.78, 5) is 2.49. The second-order valence-corrected chi connectivity index (χ2v) is 4.26. The summed E-state index contributed by atoms with van der Waals surface area (Å²) in [6.07, 6.45) is 3.44. The molecule has 0 atom stereocenters. The van der Waals surface area contributed by atoms with Crippen LogP contribution in [0, 0.1) is 0 Å². The highest BCUT2D eigenvalue weighted by Gasteiger charge is 2.03. The Bertz CT molecular complexity index is 293. The van der Waals surface area contributed by atoms with Gasteiger partial charge in [-0.05, 0) is 50.0 Å². The molecule has 0 heterocycles. The smallest absolute Gasteiger partial charge is 0.115 e. The van der Waals surface area contributed by atoms with Crippen molar-refractivity contribution in [2.24, 2.45) is 0 Å². The molecule has 1 aromatic carbocycles. The van der Waals surface area contributed by atoms with Crippen LogP contribution in [0.4, 0.5) is 0 Å². The standard InChI is InChI=1S/C14H23NO/c1-3-9-15(10-4-2)11-8-13-6-5-7-14(16)12-13/h5-7,12,16H,3-4,8-11H2,1-2H3. The predicted octanol–water partition coefficient (Wildman–Crippen LogP) is 3.06. The van der Waals surface area contributed by atoms with Gasteiger partial charge in [0.2, 0.25) is 0 Å². The van der Waals surface area contributed by atoms with Crippen molar-refractivity contribution in [1.82, 2.24) is 4.90 Å². The number of phenolic OH excluding ortho intramolecular Hbond substituents is 1. The third-order valence-electron chi connectivity index (χ3n) is 2.71. The van der Waals surface area contributed by atoms with Crippen molar-refractivity contribution in [2.45, 2.75) is 33.1 Å². The Labute approximate surface area is 98.9 Å². The molecule has 1 rings (SSSR count). The van der Waals surface area contributed by atoms with Crippen molar-refractivity contribution in [3.05, 3.63) is 29.8 Å². The highest BCUT2D eigenvalue weighted by atomic mass is 16.3. The molecule has 90 valence electrons. The lowest BCUT2D eigenvalue weighted by Crippen LogP contribution is -2.27. The molecule has 1 N–H and O–H groups in total. The third kappa shape index (κ3) is 4.67. The number of nitrogens with zero attached hydrogens (tertiary/aromatic N) is 1. The minimum atomic E-state index is 0.370. The van der Waals surface area contributed by atoms with Crippen LogP contribution in [0.3, 0.4) is 0 Å². The average molecular weight is 221 g/mol. The van der Waals surface area contributed by atoms with Gasteiger partial charge < -0.3 is 10.0 Å². The number of hydrogen-bond donors (Lipinski definition) is 1.